The Labute approximate surface area is 156 Å². The molecular weight excluding hydrogens is 330 g/mol. The van der Waals surface area contributed by atoms with Gasteiger partial charge < -0.3 is 24.3 Å². The van der Waals surface area contributed by atoms with E-state index in [2.05, 4.69) is 24.4 Å². The summed E-state index contributed by atoms with van der Waals surface area (Å²) in [5.74, 6) is 2.81. The fourth-order valence-corrected chi connectivity index (χ4v) is 2.73. The quantitative estimate of drug-likeness (QED) is 0.721. The topological polar surface area (TPSA) is 49.0 Å². The van der Waals surface area contributed by atoms with Gasteiger partial charge >= 0.3 is 0 Å². The van der Waals surface area contributed by atoms with Crippen LogP contribution in [0.2, 0.25) is 0 Å². The lowest BCUT2D eigenvalue weighted by Crippen LogP contribution is -2.18. The average Bonchev–Trinajstić information content (AvgIpc) is 2.65. The van der Waals surface area contributed by atoms with E-state index >= 15 is 0 Å². The summed E-state index contributed by atoms with van der Waals surface area (Å²) in [5.41, 5.74) is 2.26. The Bertz CT molecular complexity index is 673. The second-order valence-corrected chi connectivity index (χ2v) is 6.37. The first kappa shape index (κ1) is 19.9. The van der Waals surface area contributed by atoms with Crippen molar-refractivity contribution in [2.24, 2.45) is 0 Å². The molecule has 0 aliphatic carbocycles. The monoisotopic (exact) mass is 359 g/mol. The van der Waals surface area contributed by atoms with Crippen molar-refractivity contribution in [1.29, 1.82) is 0 Å². The maximum absolute atomic E-state index is 5.69. The van der Waals surface area contributed by atoms with E-state index in [9.17, 15) is 0 Å². The molecule has 0 heterocycles. The molecule has 5 heteroatoms. The van der Waals surface area contributed by atoms with Crippen LogP contribution in [-0.2, 0) is 6.54 Å². The normalized spacial score (nSPS) is 12.0. The number of nitrogens with one attached hydrogen (secondary N) is 1. The number of hydrogen-bond acceptors (Lipinski definition) is 5. The third-order valence-corrected chi connectivity index (χ3v) is 4.09. The summed E-state index contributed by atoms with van der Waals surface area (Å²) in [7, 11) is 4.85. The average molecular weight is 359 g/mol. The largest absolute Gasteiger partial charge is 0.493 e. The summed E-state index contributed by atoms with van der Waals surface area (Å²) in [5, 5.41) is 3.52. The number of rotatable bonds is 9. The fourth-order valence-electron chi connectivity index (χ4n) is 2.73. The van der Waals surface area contributed by atoms with Gasteiger partial charge in [0.2, 0.25) is 5.75 Å². The van der Waals surface area contributed by atoms with Crippen LogP contribution in [0.5, 0.6) is 23.0 Å². The summed E-state index contributed by atoms with van der Waals surface area (Å²) < 4.78 is 21.9. The zero-order chi connectivity index (χ0) is 19.1. The van der Waals surface area contributed by atoms with Gasteiger partial charge in [0.15, 0.2) is 11.5 Å². The van der Waals surface area contributed by atoms with E-state index in [1.165, 1.54) is 5.56 Å². The Morgan fingerprint density at radius 2 is 1.42 bits per heavy atom. The predicted octanol–water partition coefficient (Wildman–Crippen LogP) is 4.35. The van der Waals surface area contributed by atoms with E-state index in [-0.39, 0.29) is 12.1 Å². The number of ether oxygens (including phenoxy) is 4. The van der Waals surface area contributed by atoms with Gasteiger partial charge in [0.25, 0.3) is 0 Å². The number of methoxy groups -OCH3 is 3. The highest BCUT2D eigenvalue weighted by Gasteiger charge is 2.14. The second-order valence-electron chi connectivity index (χ2n) is 6.37. The molecule has 1 N–H and O–H groups in total. The minimum absolute atomic E-state index is 0.177. The highest BCUT2D eigenvalue weighted by Crippen LogP contribution is 2.38. The Hall–Kier alpha value is -2.40. The highest BCUT2D eigenvalue weighted by molar-refractivity contribution is 5.53. The molecule has 1 atom stereocenters. The SMILES string of the molecule is COc1cc(CNC(C)c2ccc(OC(C)C)cc2)cc(OC)c1OC. The molecule has 0 aliphatic rings. The summed E-state index contributed by atoms with van der Waals surface area (Å²) >= 11 is 0. The molecule has 0 fully saturated rings. The van der Waals surface area contributed by atoms with E-state index in [0.717, 1.165) is 11.3 Å². The van der Waals surface area contributed by atoms with Crippen molar-refractivity contribution in [3.8, 4) is 23.0 Å². The van der Waals surface area contributed by atoms with Gasteiger partial charge in [-0.15, -0.1) is 0 Å². The first-order valence-electron chi connectivity index (χ1n) is 8.77. The van der Waals surface area contributed by atoms with Gasteiger partial charge in [-0.2, -0.15) is 0 Å². The van der Waals surface area contributed by atoms with E-state index < -0.39 is 0 Å². The van der Waals surface area contributed by atoms with Crippen molar-refractivity contribution in [3.63, 3.8) is 0 Å². The summed E-state index contributed by atoms with van der Waals surface area (Å²) in [4.78, 5) is 0. The molecule has 2 aromatic carbocycles. The lowest BCUT2D eigenvalue weighted by Gasteiger charge is -2.18. The summed E-state index contributed by atoms with van der Waals surface area (Å²) in [6, 6.07) is 12.3. The Kier molecular flexibility index (Phi) is 7.16. The molecule has 2 aromatic rings. The smallest absolute Gasteiger partial charge is 0.203 e. The molecular formula is C21H29NO4. The third-order valence-electron chi connectivity index (χ3n) is 4.09. The lowest BCUT2D eigenvalue weighted by molar-refractivity contribution is 0.242. The Balaban J connectivity index is 2.05. The molecule has 0 amide bonds. The molecule has 0 radical (unpaired) electrons. The third kappa shape index (κ3) is 5.05. The molecule has 0 aliphatic heterocycles. The molecule has 0 spiro atoms. The fraction of sp³-hybridized carbons (Fsp3) is 0.429. The first-order valence-corrected chi connectivity index (χ1v) is 8.77. The van der Waals surface area contributed by atoms with Crippen molar-refractivity contribution in [3.05, 3.63) is 47.5 Å². The predicted molar refractivity (Wildman–Crippen MR) is 104 cm³/mol. The molecule has 0 saturated heterocycles. The molecule has 142 valence electrons. The van der Waals surface area contributed by atoms with E-state index in [4.69, 9.17) is 18.9 Å². The molecule has 0 aromatic heterocycles. The maximum Gasteiger partial charge on any atom is 0.203 e. The van der Waals surface area contributed by atoms with Gasteiger partial charge in [0, 0.05) is 12.6 Å². The van der Waals surface area contributed by atoms with Crippen molar-refractivity contribution in [2.45, 2.75) is 39.5 Å². The van der Waals surface area contributed by atoms with Crippen LogP contribution in [0.25, 0.3) is 0 Å². The molecule has 2 rings (SSSR count). The Morgan fingerprint density at radius 1 is 0.846 bits per heavy atom. The van der Waals surface area contributed by atoms with E-state index in [1.807, 2.05) is 38.1 Å². The molecule has 0 bridgehead atoms. The molecule has 1 unspecified atom stereocenters. The minimum atomic E-state index is 0.177. The van der Waals surface area contributed by atoms with Crippen LogP contribution in [0.15, 0.2) is 36.4 Å². The first-order chi connectivity index (χ1) is 12.5. The van der Waals surface area contributed by atoms with Gasteiger partial charge in [-0.25, -0.2) is 0 Å². The second kappa shape index (κ2) is 9.34. The zero-order valence-corrected chi connectivity index (χ0v) is 16.5. The van der Waals surface area contributed by atoms with Crippen LogP contribution in [0.1, 0.15) is 37.9 Å². The van der Waals surface area contributed by atoms with Crippen molar-refractivity contribution in [1.82, 2.24) is 5.32 Å². The molecule has 5 nitrogen and oxygen atoms in total. The van der Waals surface area contributed by atoms with Crippen LogP contribution in [0.3, 0.4) is 0 Å². The zero-order valence-electron chi connectivity index (χ0n) is 16.5. The lowest BCUT2D eigenvalue weighted by atomic mass is 10.1. The van der Waals surface area contributed by atoms with Crippen LogP contribution >= 0.6 is 0 Å². The molecule has 26 heavy (non-hydrogen) atoms. The van der Waals surface area contributed by atoms with E-state index in [0.29, 0.717) is 23.8 Å². The Morgan fingerprint density at radius 3 is 1.88 bits per heavy atom. The van der Waals surface area contributed by atoms with Crippen molar-refractivity contribution in [2.75, 3.05) is 21.3 Å². The summed E-state index contributed by atoms with van der Waals surface area (Å²) in [6.45, 7) is 6.86. The number of hydrogen-bond donors (Lipinski definition) is 1. The van der Waals surface area contributed by atoms with E-state index in [1.54, 1.807) is 21.3 Å². The van der Waals surface area contributed by atoms with Crippen molar-refractivity contribution < 1.29 is 18.9 Å². The minimum Gasteiger partial charge on any atom is -0.493 e. The van der Waals surface area contributed by atoms with Crippen LogP contribution < -0.4 is 24.3 Å². The standard InChI is InChI=1S/C21H29NO4/c1-14(2)26-18-9-7-17(8-10-18)15(3)22-13-16-11-19(23-4)21(25-6)20(12-16)24-5/h7-12,14-15,22H,13H2,1-6H3. The van der Waals surface area contributed by atoms with Crippen molar-refractivity contribution >= 4 is 0 Å². The summed E-state index contributed by atoms with van der Waals surface area (Å²) in [6.07, 6.45) is 0.177. The highest BCUT2D eigenvalue weighted by atomic mass is 16.5. The van der Waals surface area contributed by atoms with Crippen LogP contribution in [-0.4, -0.2) is 27.4 Å². The van der Waals surface area contributed by atoms with Crippen LogP contribution in [0, 0.1) is 0 Å². The number of benzene rings is 2. The maximum atomic E-state index is 5.69. The van der Waals surface area contributed by atoms with Gasteiger partial charge in [-0.05, 0) is 56.2 Å². The molecule has 0 saturated carbocycles. The van der Waals surface area contributed by atoms with Crippen LogP contribution in [0.4, 0.5) is 0 Å². The van der Waals surface area contributed by atoms with Gasteiger partial charge in [0.05, 0.1) is 27.4 Å². The van der Waals surface area contributed by atoms with Gasteiger partial charge in [0.1, 0.15) is 5.75 Å². The van der Waals surface area contributed by atoms with Gasteiger partial charge in [-0.1, -0.05) is 12.1 Å². The van der Waals surface area contributed by atoms with Gasteiger partial charge in [-0.3, -0.25) is 0 Å².